The minimum Gasteiger partial charge on any atom is -0.366 e. The highest BCUT2D eigenvalue weighted by Crippen LogP contribution is 2.29. The summed E-state index contributed by atoms with van der Waals surface area (Å²) in [5, 5.41) is 5.98. The van der Waals surface area contributed by atoms with E-state index in [1.807, 2.05) is 6.07 Å². The van der Waals surface area contributed by atoms with Crippen LogP contribution in [0.5, 0.6) is 0 Å². The summed E-state index contributed by atoms with van der Waals surface area (Å²) in [6.07, 6.45) is -4.37. The quantitative estimate of drug-likeness (QED) is 0.564. The van der Waals surface area contributed by atoms with Gasteiger partial charge in [-0.1, -0.05) is 24.3 Å². The Morgan fingerprint density at radius 2 is 1.62 bits per heavy atom. The van der Waals surface area contributed by atoms with Crippen molar-refractivity contribution in [2.24, 2.45) is 10.7 Å². The smallest absolute Gasteiger partial charge is 0.366 e. The summed E-state index contributed by atoms with van der Waals surface area (Å²) in [5.41, 5.74) is 6.26. The van der Waals surface area contributed by atoms with Crippen molar-refractivity contribution in [3.05, 3.63) is 70.8 Å². The van der Waals surface area contributed by atoms with Crippen molar-refractivity contribution in [1.82, 2.24) is 10.6 Å². The number of aliphatic imine (C=N–C) groups is 1. The number of carbonyl (C=O) groups is 1. The fourth-order valence-electron chi connectivity index (χ4n) is 2.28. The normalized spacial score (nSPS) is 11.9. The zero-order valence-corrected chi connectivity index (χ0v) is 14.1. The number of alkyl halides is 3. The molecule has 138 valence electrons. The van der Waals surface area contributed by atoms with E-state index in [2.05, 4.69) is 15.6 Å². The van der Waals surface area contributed by atoms with E-state index in [-0.39, 0.29) is 6.54 Å². The molecule has 0 heterocycles. The standard InChI is InChI=1S/C18H19F3N4O/c1-23-17(24-10-12-4-2-6-14(8-12)16(22)26)25-11-13-5-3-7-15(9-13)18(19,20)21/h2-9H,10-11H2,1H3,(H2,22,26)(H2,23,24,25). The van der Waals surface area contributed by atoms with E-state index in [9.17, 15) is 18.0 Å². The number of hydrogen-bond donors (Lipinski definition) is 3. The van der Waals surface area contributed by atoms with Crippen LogP contribution in [0.3, 0.4) is 0 Å². The van der Waals surface area contributed by atoms with Crippen LogP contribution in [0.25, 0.3) is 0 Å². The Morgan fingerprint density at radius 1 is 1.04 bits per heavy atom. The number of nitrogens with one attached hydrogen (secondary N) is 2. The number of carbonyl (C=O) groups excluding carboxylic acids is 1. The lowest BCUT2D eigenvalue weighted by molar-refractivity contribution is -0.137. The van der Waals surface area contributed by atoms with Gasteiger partial charge in [-0.3, -0.25) is 9.79 Å². The summed E-state index contributed by atoms with van der Waals surface area (Å²) < 4.78 is 38.2. The number of nitrogens with zero attached hydrogens (tertiary/aromatic N) is 1. The van der Waals surface area contributed by atoms with Gasteiger partial charge in [0.05, 0.1) is 5.56 Å². The topological polar surface area (TPSA) is 79.5 Å². The van der Waals surface area contributed by atoms with Gasteiger partial charge < -0.3 is 16.4 Å². The molecule has 0 unspecified atom stereocenters. The Kier molecular flexibility index (Phi) is 6.21. The molecule has 8 heteroatoms. The zero-order valence-electron chi connectivity index (χ0n) is 14.1. The largest absolute Gasteiger partial charge is 0.416 e. The molecule has 5 nitrogen and oxygen atoms in total. The lowest BCUT2D eigenvalue weighted by atomic mass is 10.1. The van der Waals surface area contributed by atoms with Gasteiger partial charge >= 0.3 is 6.18 Å². The van der Waals surface area contributed by atoms with Crippen LogP contribution in [-0.4, -0.2) is 18.9 Å². The molecule has 2 aromatic rings. The molecule has 26 heavy (non-hydrogen) atoms. The lowest BCUT2D eigenvalue weighted by Gasteiger charge is -2.13. The SMILES string of the molecule is CN=C(NCc1cccc(C(N)=O)c1)NCc1cccc(C(F)(F)F)c1. The van der Waals surface area contributed by atoms with Crippen molar-refractivity contribution < 1.29 is 18.0 Å². The summed E-state index contributed by atoms with van der Waals surface area (Å²) in [7, 11) is 1.56. The average molecular weight is 364 g/mol. The van der Waals surface area contributed by atoms with E-state index < -0.39 is 17.6 Å². The second-order valence-electron chi connectivity index (χ2n) is 5.54. The summed E-state index contributed by atoms with van der Waals surface area (Å²) in [6, 6.07) is 11.9. The maximum atomic E-state index is 12.7. The first-order valence-electron chi connectivity index (χ1n) is 7.79. The van der Waals surface area contributed by atoms with Crippen LogP contribution in [0.15, 0.2) is 53.5 Å². The monoisotopic (exact) mass is 364 g/mol. The highest BCUT2D eigenvalue weighted by molar-refractivity contribution is 5.92. The van der Waals surface area contributed by atoms with Crippen LogP contribution < -0.4 is 16.4 Å². The maximum Gasteiger partial charge on any atom is 0.416 e. The van der Waals surface area contributed by atoms with Gasteiger partial charge in [0.2, 0.25) is 5.91 Å². The van der Waals surface area contributed by atoms with E-state index >= 15 is 0 Å². The lowest BCUT2D eigenvalue weighted by Crippen LogP contribution is -2.36. The second kappa shape index (κ2) is 8.37. The van der Waals surface area contributed by atoms with E-state index in [4.69, 9.17) is 5.73 Å². The molecule has 2 aromatic carbocycles. The molecule has 1 amide bonds. The Morgan fingerprint density at radius 3 is 2.15 bits per heavy atom. The first-order valence-corrected chi connectivity index (χ1v) is 7.79. The highest BCUT2D eigenvalue weighted by atomic mass is 19.4. The van der Waals surface area contributed by atoms with E-state index in [0.29, 0.717) is 23.6 Å². The minimum absolute atomic E-state index is 0.185. The molecule has 0 saturated carbocycles. The van der Waals surface area contributed by atoms with E-state index in [0.717, 1.165) is 17.7 Å². The van der Waals surface area contributed by atoms with Gasteiger partial charge in [-0.25, -0.2) is 0 Å². The Labute approximate surface area is 149 Å². The predicted molar refractivity (Wildman–Crippen MR) is 93.4 cm³/mol. The van der Waals surface area contributed by atoms with Gasteiger partial charge in [-0.2, -0.15) is 13.2 Å². The van der Waals surface area contributed by atoms with Crippen LogP contribution in [0.2, 0.25) is 0 Å². The van der Waals surface area contributed by atoms with Crippen molar-refractivity contribution in [1.29, 1.82) is 0 Å². The molecule has 0 fully saturated rings. The first kappa shape index (κ1) is 19.3. The summed E-state index contributed by atoms with van der Waals surface area (Å²) >= 11 is 0. The van der Waals surface area contributed by atoms with Gasteiger partial charge in [0.1, 0.15) is 0 Å². The number of rotatable bonds is 5. The molecule has 0 saturated heterocycles. The molecule has 0 atom stereocenters. The molecular formula is C18H19F3N4O. The fourth-order valence-corrected chi connectivity index (χ4v) is 2.28. The number of benzene rings is 2. The molecule has 0 aliphatic rings. The molecule has 0 bridgehead atoms. The third-order valence-electron chi connectivity index (χ3n) is 3.61. The fraction of sp³-hybridized carbons (Fsp3) is 0.222. The van der Waals surface area contributed by atoms with Crippen LogP contribution in [0.4, 0.5) is 13.2 Å². The van der Waals surface area contributed by atoms with Crippen LogP contribution in [0, 0.1) is 0 Å². The number of primary amides is 1. The van der Waals surface area contributed by atoms with Crippen LogP contribution in [-0.2, 0) is 19.3 Å². The molecule has 2 rings (SSSR count). The first-order chi connectivity index (χ1) is 12.3. The molecule has 4 N–H and O–H groups in total. The molecule has 0 spiro atoms. The van der Waals surface area contributed by atoms with Crippen LogP contribution >= 0.6 is 0 Å². The van der Waals surface area contributed by atoms with Gasteiger partial charge in [0.25, 0.3) is 0 Å². The van der Waals surface area contributed by atoms with Gasteiger partial charge in [0, 0.05) is 25.7 Å². The summed E-state index contributed by atoms with van der Waals surface area (Å²) in [6.45, 7) is 0.564. The Bertz CT molecular complexity index is 803. The second-order valence-corrected chi connectivity index (χ2v) is 5.54. The molecule has 0 aliphatic heterocycles. The number of hydrogen-bond acceptors (Lipinski definition) is 2. The van der Waals surface area contributed by atoms with Crippen LogP contribution in [0.1, 0.15) is 27.0 Å². The number of amides is 1. The van der Waals surface area contributed by atoms with Crippen molar-refractivity contribution >= 4 is 11.9 Å². The molecule has 0 radical (unpaired) electrons. The van der Waals surface area contributed by atoms with Crippen molar-refractivity contribution in [3.8, 4) is 0 Å². The van der Waals surface area contributed by atoms with E-state index in [1.54, 1.807) is 31.3 Å². The van der Waals surface area contributed by atoms with Crippen molar-refractivity contribution in [2.75, 3.05) is 7.05 Å². The zero-order chi connectivity index (χ0) is 19.2. The summed E-state index contributed by atoms with van der Waals surface area (Å²) in [4.78, 5) is 15.2. The van der Waals surface area contributed by atoms with Gasteiger partial charge in [0.15, 0.2) is 5.96 Å². The minimum atomic E-state index is -4.37. The number of nitrogens with two attached hydrogens (primary N) is 1. The number of halogens is 3. The van der Waals surface area contributed by atoms with Gasteiger partial charge in [-0.05, 0) is 35.4 Å². The third-order valence-corrected chi connectivity index (χ3v) is 3.61. The van der Waals surface area contributed by atoms with Crippen molar-refractivity contribution in [2.45, 2.75) is 19.3 Å². The Hall–Kier alpha value is -3.03. The van der Waals surface area contributed by atoms with E-state index in [1.165, 1.54) is 6.07 Å². The molecular weight excluding hydrogens is 345 g/mol. The third kappa shape index (κ3) is 5.51. The number of guanidine groups is 1. The molecule has 0 aromatic heterocycles. The average Bonchev–Trinajstić information content (AvgIpc) is 2.61. The molecule has 0 aliphatic carbocycles. The van der Waals surface area contributed by atoms with Gasteiger partial charge in [-0.15, -0.1) is 0 Å². The van der Waals surface area contributed by atoms with Crippen molar-refractivity contribution in [3.63, 3.8) is 0 Å². The predicted octanol–water partition coefficient (Wildman–Crippen LogP) is 2.67. The Balaban J connectivity index is 1.94. The maximum absolute atomic E-state index is 12.7. The highest BCUT2D eigenvalue weighted by Gasteiger charge is 2.30. The summed E-state index contributed by atoms with van der Waals surface area (Å²) in [5.74, 6) is -0.0919.